The Labute approximate surface area is 176 Å². The number of rotatable bonds is 3. The van der Waals surface area contributed by atoms with Gasteiger partial charge < -0.3 is 0 Å². The number of hydrogen-bond donors (Lipinski definition) is 0. The molecule has 4 saturated carbocycles. The molecule has 0 spiro atoms. The van der Waals surface area contributed by atoms with Gasteiger partial charge in [0, 0.05) is 37.0 Å². The first-order valence-corrected chi connectivity index (χ1v) is 12.4. The van der Waals surface area contributed by atoms with E-state index in [9.17, 15) is 14.4 Å². The van der Waals surface area contributed by atoms with Crippen LogP contribution in [0, 0.1) is 46.3 Å². The Bertz CT molecular complexity index is 673. The number of hydrogen-bond acceptors (Lipinski definition) is 3. The molecule has 8 atom stereocenters. The molecule has 0 aromatic carbocycles. The zero-order chi connectivity index (χ0) is 19.6. The minimum atomic E-state index is -0.310. The number of carbonyl (C=O) groups excluding carboxylic acids is 3. The first kappa shape index (κ1) is 20.0. The molecular weight excluding hydrogens is 451 g/mol. The van der Waals surface area contributed by atoms with Crippen molar-refractivity contribution in [2.45, 2.75) is 72.1 Å². The van der Waals surface area contributed by atoms with Gasteiger partial charge in [-0.15, -0.1) is 0 Å². The maximum Gasteiger partial charge on any atom is 0.139 e. The van der Waals surface area contributed by atoms with Crippen LogP contribution >= 0.6 is 22.6 Å². The smallest absolute Gasteiger partial charge is 0.139 e. The molecular formula is C23H33IO3. The number of alkyl halides is 1. The molecule has 0 radical (unpaired) electrons. The second-order valence-electron chi connectivity index (χ2n) is 10.4. The van der Waals surface area contributed by atoms with E-state index in [0.717, 1.165) is 30.1 Å². The summed E-state index contributed by atoms with van der Waals surface area (Å²) in [5.74, 6) is 2.69. The highest BCUT2D eigenvalue weighted by Gasteiger charge is 2.66. The third-order valence-electron chi connectivity index (χ3n) is 9.47. The number of Topliss-reactive ketones (excluding diaryl/α,β-unsaturated/α-hetero) is 3. The maximum atomic E-state index is 13.6. The number of ketones is 3. The molecule has 4 aliphatic rings. The lowest BCUT2D eigenvalue weighted by Gasteiger charge is -2.58. The summed E-state index contributed by atoms with van der Waals surface area (Å²) < 4.78 is 1.13. The predicted octanol–water partition coefficient (Wildman–Crippen LogP) is 5.03. The fraction of sp³-hybridized carbons (Fsp3) is 0.870. The first-order chi connectivity index (χ1) is 12.7. The summed E-state index contributed by atoms with van der Waals surface area (Å²) in [5.41, 5.74) is -0.314. The molecule has 0 aromatic heterocycles. The van der Waals surface area contributed by atoms with Gasteiger partial charge in [-0.3, -0.25) is 14.4 Å². The molecule has 0 unspecified atom stereocenters. The summed E-state index contributed by atoms with van der Waals surface area (Å²) in [6.07, 6.45) is 6.48. The zero-order valence-corrected chi connectivity index (χ0v) is 19.1. The zero-order valence-electron chi connectivity index (χ0n) is 16.9. The van der Waals surface area contributed by atoms with Crippen LogP contribution in [0.5, 0.6) is 0 Å². The molecule has 27 heavy (non-hydrogen) atoms. The number of halogens is 1. The molecule has 0 amide bonds. The Hall–Kier alpha value is -0.260. The molecule has 0 N–H and O–H groups in total. The fourth-order valence-electron chi connectivity index (χ4n) is 7.76. The van der Waals surface area contributed by atoms with E-state index in [0.29, 0.717) is 54.9 Å². The van der Waals surface area contributed by atoms with Gasteiger partial charge in [0.1, 0.15) is 17.3 Å². The highest BCUT2D eigenvalue weighted by Crippen LogP contribution is 2.66. The second-order valence-corrected chi connectivity index (χ2v) is 11.5. The summed E-state index contributed by atoms with van der Waals surface area (Å²) in [6, 6.07) is 0. The normalized spacial score (nSPS) is 48.0. The fourth-order valence-corrected chi connectivity index (χ4v) is 8.75. The van der Waals surface area contributed by atoms with Crippen molar-refractivity contribution >= 4 is 39.9 Å². The van der Waals surface area contributed by atoms with Crippen molar-refractivity contribution in [3.63, 3.8) is 0 Å². The quantitative estimate of drug-likeness (QED) is 0.417. The molecule has 4 rings (SSSR count). The van der Waals surface area contributed by atoms with Gasteiger partial charge in [-0.1, -0.05) is 43.4 Å². The van der Waals surface area contributed by atoms with E-state index in [1.54, 1.807) is 0 Å². The lowest BCUT2D eigenvalue weighted by atomic mass is 9.44. The second kappa shape index (κ2) is 6.91. The van der Waals surface area contributed by atoms with Gasteiger partial charge in [0.25, 0.3) is 0 Å². The Morgan fingerprint density at radius 1 is 1.07 bits per heavy atom. The highest BCUT2D eigenvalue weighted by atomic mass is 127. The van der Waals surface area contributed by atoms with E-state index in [-0.39, 0.29) is 34.5 Å². The van der Waals surface area contributed by atoms with Gasteiger partial charge in [-0.2, -0.15) is 0 Å². The average Bonchev–Trinajstić information content (AvgIpc) is 2.96. The Balaban J connectivity index is 1.69. The summed E-state index contributed by atoms with van der Waals surface area (Å²) in [5, 5.41) is 0. The van der Waals surface area contributed by atoms with Crippen molar-refractivity contribution in [1.29, 1.82) is 0 Å². The maximum absolute atomic E-state index is 13.6. The third-order valence-corrected chi connectivity index (χ3v) is 10.1. The molecule has 0 heterocycles. The van der Waals surface area contributed by atoms with Gasteiger partial charge in [-0.05, 0) is 65.1 Å². The van der Waals surface area contributed by atoms with Gasteiger partial charge in [0.15, 0.2) is 0 Å². The van der Waals surface area contributed by atoms with Gasteiger partial charge in [0.05, 0.1) is 0 Å². The molecule has 0 bridgehead atoms. The van der Waals surface area contributed by atoms with Crippen molar-refractivity contribution in [1.82, 2.24) is 0 Å². The van der Waals surface area contributed by atoms with Crippen LogP contribution in [0.4, 0.5) is 0 Å². The SMILES string of the molecule is C[C@H](CCI)[C@H]1CC[C@H]2[C@@H]3C(=O)C[C@@H]4CC(=O)CC[C@]4(C)[C@H]3CC(=O)[C@]12C. The van der Waals surface area contributed by atoms with Crippen LogP contribution in [0.2, 0.25) is 0 Å². The topological polar surface area (TPSA) is 51.2 Å². The van der Waals surface area contributed by atoms with Crippen molar-refractivity contribution < 1.29 is 14.4 Å². The minimum Gasteiger partial charge on any atom is -0.300 e. The molecule has 4 heteroatoms. The van der Waals surface area contributed by atoms with Crippen LogP contribution in [0.25, 0.3) is 0 Å². The van der Waals surface area contributed by atoms with E-state index < -0.39 is 0 Å². The van der Waals surface area contributed by atoms with Crippen molar-refractivity contribution in [2.75, 3.05) is 4.43 Å². The highest BCUT2D eigenvalue weighted by molar-refractivity contribution is 14.1. The van der Waals surface area contributed by atoms with Crippen LogP contribution in [0.3, 0.4) is 0 Å². The molecule has 0 saturated heterocycles. The lowest BCUT2D eigenvalue weighted by molar-refractivity contribution is -0.166. The van der Waals surface area contributed by atoms with E-state index in [4.69, 9.17) is 0 Å². The monoisotopic (exact) mass is 484 g/mol. The van der Waals surface area contributed by atoms with Crippen molar-refractivity contribution in [3.8, 4) is 0 Å². The van der Waals surface area contributed by atoms with Crippen LogP contribution in [0.1, 0.15) is 72.1 Å². The lowest BCUT2D eigenvalue weighted by Crippen LogP contribution is -2.60. The Kier molecular flexibility index (Phi) is 5.13. The van der Waals surface area contributed by atoms with Crippen LogP contribution in [0.15, 0.2) is 0 Å². The number of fused-ring (bicyclic) bond motifs is 5. The van der Waals surface area contributed by atoms with Gasteiger partial charge >= 0.3 is 0 Å². The van der Waals surface area contributed by atoms with Crippen molar-refractivity contribution in [3.05, 3.63) is 0 Å². The van der Waals surface area contributed by atoms with Crippen LogP contribution < -0.4 is 0 Å². The van der Waals surface area contributed by atoms with Gasteiger partial charge in [0.2, 0.25) is 0 Å². The number of carbonyl (C=O) groups is 3. The van der Waals surface area contributed by atoms with E-state index in [1.807, 2.05) is 0 Å². The molecule has 4 aliphatic carbocycles. The van der Waals surface area contributed by atoms with Crippen LogP contribution in [-0.4, -0.2) is 21.8 Å². The largest absolute Gasteiger partial charge is 0.300 e. The molecule has 4 fully saturated rings. The van der Waals surface area contributed by atoms with E-state index in [1.165, 1.54) is 0 Å². The summed E-state index contributed by atoms with van der Waals surface area (Å²) in [7, 11) is 0. The Morgan fingerprint density at radius 2 is 1.81 bits per heavy atom. The summed E-state index contributed by atoms with van der Waals surface area (Å²) >= 11 is 2.44. The van der Waals surface area contributed by atoms with Gasteiger partial charge in [-0.25, -0.2) is 0 Å². The average molecular weight is 484 g/mol. The van der Waals surface area contributed by atoms with E-state index in [2.05, 4.69) is 43.4 Å². The molecule has 150 valence electrons. The third kappa shape index (κ3) is 2.82. The molecule has 0 aliphatic heterocycles. The predicted molar refractivity (Wildman–Crippen MR) is 114 cm³/mol. The minimum absolute atomic E-state index is 0.00458. The molecule has 0 aromatic rings. The van der Waals surface area contributed by atoms with Crippen LogP contribution in [-0.2, 0) is 14.4 Å². The summed E-state index contributed by atoms with van der Waals surface area (Å²) in [6.45, 7) is 6.79. The standard InChI is InChI=1S/C23H33IO3/c1-13(7-9-24)16-4-5-17-21-18(12-20(27)23(16,17)3)22(2)8-6-15(25)10-14(22)11-19(21)26/h13-14,16-18,21H,4-12H2,1-3H3/t13-,14+,16-,17+,18+,21+,22+,23-/m1/s1. The first-order valence-electron chi connectivity index (χ1n) is 10.9. The van der Waals surface area contributed by atoms with E-state index >= 15 is 0 Å². The van der Waals surface area contributed by atoms with Crippen molar-refractivity contribution in [2.24, 2.45) is 46.3 Å². The Morgan fingerprint density at radius 3 is 2.52 bits per heavy atom. The molecule has 3 nitrogen and oxygen atoms in total. The summed E-state index contributed by atoms with van der Waals surface area (Å²) in [4.78, 5) is 38.9.